The Bertz CT molecular complexity index is 323. The first kappa shape index (κ1) is 14.4. The van der Waals surface area contributed by atoms with Crippen molar-refractivity contribution in [2.45, 2.75) is 82.7 Å². The second-order valence-corrected chi connectivity index (χ2v) is 7.04. The average Bonchev–Trinajstić information content (AvgIpc) is 2.46. The van der Waals surface area contributed by atoms with E-state index in [1.807, 2.05) is 0 Å². The van der Waals surface area contributed by atoms with Crippen LogP contribution < -0.4 is 5.32 Å². The van der Waals surface area contributed by atoms with Crippen molar-refractivity contribution in [2.24, 2.45) is 5.92 Å². The van der Waals surface area contributed by atoms with Gasteiger partial charge in [-0.25, -0.2) is 0 Å². The first-order chi connectivity index (χ1) is 9.84. The van der Waals surface area contributed by atoms with Crippen LogP contribution in [0.5, 0.6) is 0 Å². The van der Waals surface area contributed by atoms with Crippen molar-refractivity contribution < 1.29 is 4.79 Å². The van der Waals surface area contributed by atoms with Gasteiger partial charge >= 0.3 is 0 Å². The van der Waals surface area contributed by atoms with Crippen LogP contribution in [0.2, 0.25) is 0 Å². The zero-order valence-electron chi connectivity index (χ0n) is 12.8. The molecule has 0 aromatic carbocycles. The van der Waals surface area contributed by atoms with Crippen LogP contribution in [0.4, 0.5) is 0 Å². The Morgan fingerprint density at radius 2 is 1.50 bits per heavy atom. The summed E-state index contributed by atoms with van der Waals surface area (Å²) in [6.45, 7) is 1.98. The number of nitrogens with one attached hydrogen (secondary N) is 1. The summed E-state index contributed by atoms with van der Waals surface area (Å²) in [6.07, 6.45) is 14.1. The lowest BCUT2D eigenvalue weighted by molar-refractivity contribution is -0.135. The molecule has 1 amide bonds. The molecule has 1 aliphatic carbocycles. The maximum atomic E-state index is 12.8. The molecule has 0 bridgehead atoms. The number of amides is 1. The number of nitrogens with zero attached hydrogens (tertiary/aromatic N) is 1. The van der Waals surface area contributed by atoms with E-state index in [-0.39, 0.29) is 6.04 Å². The van der Waals surface area contributed by atoms with Crippen LogP contribution in [-0.2, 0) is 4.79 Å². The molecule has 0 spiro atoms. The highest BCUT2D eigenvalue weighted by atomic mass is 16.2. The molecule has 3 fully saturated rings. The second kappa shape index (κ2) is 6.93. The highest BCUT2D eigenvalue weighted by Gasteiger charge is 2.35. The Kier molecular flexibility index (Phi) is 4.98. The van der Waals surface area contributed by atoms with Crippen LogP contribution in [0.25, 0.3) is 0 Å². The lowest BCUT2D eigenvalue weighted by Crippen LogP contribution is -2.56. The van der Waals surface area contributed by atoms with Gasteiger partial charge in [-0.05, 0) is 44.4 Å². The molecule has 3 unspecified atom stereocenters. The SMILES string of the molecule is O=C(C1CCC2CCCCC2N1)N1CCCCCCC1. The Balaban J connectivity index is 1.56. The fraction of sp³-hybridized carbons (Fsp3) is 0.941. The lowest BCUT2D eigenvalue weighted by Gasteiger charge is -2.41. The van der Waals surface area contributed by atoms with Crippen LogP contribution in [0.15, 0.2) is 0 Å². The van der Waals surface area contributed by atoms with E-state index < -0.39 is 0 Å². The number of hydrogen-bond donors (Lipinski definition) is 1. The minimum atomic E-state index is 0.119. The van der Waals surface area contributed by atoms with E-state index in [1.54, 1.807) is 0 Å². The normalized spacial score (nSPS) is 35.8. The lowest BCUT2D eigenvalue weighted by atomic mass is 9.77. The van der Waals surface area contributed by atoms with E-state index in [4.69, 9.17) is 0 Å². The molecule has 1 saturated carbocycles. The first-order valence-electron chi connectivity index (χ1n) is 8.89. The maximum absolute atomic E-state index is 12.8. The first-order valence-corrected chi connectivity index (χ1v) is 8.89. The van der Waals surface area contributed by atoms with E-state index in [2.05, 4.69) is 10.2 Å². The standard InChI is InChI=1S/C17H30N2O/c20-17(19-12-6-2-1-3-7-13-19)16-11-10-14-8-4-5-9-15(14)18-16/h14-16,18H,1-13H2. The number of piperidine rings is 1. The topological polar surface area (TPSA) is 32.3 Å². The number of rotatable bonds is 1. The van der Waals surface area contributed by atoms with Crippen molar-refractivity contribution in [3.05, 3.63) is 0 Å². The molecular formula is C17H30N2O. The molecule has 2 saturated heterocycles. The smallest absolute Gasteiger partial charge is 0.239 e. The molecule has 3 nitrogen and oxygen atoms in total. The van der Waals surface area contributed by atoms with Gasteiger partial charge in [0.2, 0.25) is 5.91 Å². The van der Waals surface area contributed by atoms with E-state index in [0.29, 0.717) is 11.9 Å². The Hall–Kier alpha value is -0.570. The van der Waals surface area contributed by atoms with E-state index >= 15 is 0 Å². The summed E-state index contributed by atoms with van der Waals surface area (Å²) >= 11 is 0. The molecule has 0 radical (unpaired) electrons. The molecular weight excluding hydrogens is 248 g/mol. The van der Waals surface area contributed by atoms with Crippen molar-refractivity contribution in [3.63, 3.8) is 0 Å². The van der Waals surface area contributed by atoms with Gasteiger partial charge < -0.3 is 10.2 Å². The zero-order chi connectivity index (χ0) is 13.8. The van der Waals surface area contributed by atoms with Crippen LogP contribution in [0, 0.1) is 5.92 Å². The number of carbonyl (C=O) groups excluding carboxylic acids is 1. The molecule has 2 heterocycles. The molecule has 0 aromatic rings. The van der Waals surface area contributed by atoms with Gasteiger partial charge in [-0.2, -0.15) is 0 Å². The molecule has 1 N–H and O–H groups in total. The molecule has 3 rings (SSSR count). The zero-order valence-corrected chi connectivity index (χ0v) is 12.8. The number of fused-ring (bicyclic) bond motifs is 1. The minimum absolute atomic E-state index is 0.119. The fourth-order valence-electron chi connectivity index (χ4n) is 4.38. The summed E-state index contributed by atoms with van der Waals surface area (Å²) in [5.74, 6) is 1.25. The quantitative estimate of drug-likeness (QED) is 0.799. The monoisotopic (exact) mass is 278 g/mol. The molecule has 3 heteroatoms. The van der Waals surface area contributed by atoms with Gasteiger partial charge in [-0.1, -0.05) is 32.1 Å². The van der Waals surface area contributed by atoms with E-state index in [9.17, 15) is 4.79 Å². The maximum Gasteiger partial charge on any atom is 0.239 e. The summed E-state index contributed by atoms with van der Waals surface area (Å²) in [4.78, 5) is 14.9. The van der Waals surface area contributed by atoms with Gasteiger partial charge in [0, 0.05) is 19.1 Å². The molecule has 114 valence electrons. The molecule has 20 heavy (non-hydrogen) atoms. The van der Waals surface area contributed by atoms with E-state index in [1.165, 1.54) is 64.2 Å². The third kappa shape index (κ3) is 3.36. The van der Waals surface area contributed by atoms with Crippen LogP contribution >= 0.6 is 0 Å². The van der Waals surface area contributed by atoms with Gasteiger partial charge in [-0.15, -0.1) is 0 Å². The summed E-state index contributed by atoms with van der Waals surface area (Å²) < 4.78 is 0. The summed E-state index contributed by atoms with van der Waals surface area (Å²) in [7, 11) is 0. The second-order valence-electron chi connectivity index (χ2n) is 7.04. The number of carbonyl (C=O) groups is 1. The summed E-state index contributed by atoms with van der Waals surface area (Å²) in [5, 5.41) is 3.70. The van der Waals surface area contributed by atoms with Gasteiger partial charge in [0.05, 0.1) is 6.04 Å². The van der Waals surface area contributed by atoms with Gasteiger partial charge in [0.15, 0.2) is 0 Å². The minimum Gasteiger partial charge on any atom is -0.341 e. The predicted molar refractivity (Wildman–Crippen MR) is 81.6 cm³/mol. The van der Waals surface area contributed by atoms with Crippen molar-refractivity contribution in [2.75, 3.05) is 13.1 Å². The molecule has 3 aliphatic rings. The van der Waals surface area contributed by atoms with Crippen LogP contribution in [-0.4, -0.2) is 36.0 Å². The third-order valence-corrected chi connectivity index (χ3v) is 5.62. The Morgan fingerprint density at radius 3 is 2.30 bits per heavy atom. The average molecular weight is 278 g/mol. The summed E-state index contributed by atoms with van der Waals surface area (Å²) in [6, 6.07) is 0.745. The van der Waals surface area contributed by atoms with Gasteiger partial charge in [-0.3, -0.25) is 4.79 Å². The fourth-order valence-corrected chi connectivity index (χ4v) is 4.38. The Morgan fingerprint density at radius 1 is 0.800 bits per heavy atom. The molecule has 0 aromatic heterocycles. The molecule has 3 atom stereocenters. The van der Waals surface area contributed by atoms with Crippen molar-refractivity contribution in [1.29, 1.82) is 0 Å². The third-order valence-electron chi connectivity index (χ3n) is 5.62. The van der Waals surface area contributed by atoms with E-state index in [0.717, 1.165) is 25.4 Å². The summed E-state index contributed by atoms with van der Waals surface area (Å²) in [5.41, 5.74) is 0. The largest absolute Gasteiger partial charge is 0.341 e. The van der Waals surface area contributed by atoms with Gasteiger partial charge in [0.1, 0.15) is 0 Å². The highest BCUT2D eigenvalue weighted by Crippen LogP contribution is 2.32. The van der Waals surface area contributed by atoms with Crippen LogP contribution in [0.1, 0.15) is 70.6 Å². The predicted octanol–water partition coefficient (Wildman–Crippen LogP) is 3.09. The highest BCUT2D eigenvalue weighted by molar-refractivity contribution is 5.82. The van der Waals surface area contributed by atoms with Crippen molar-refractivity contribution in [1.82, 2.24) is 10.2 Å². The Labute approximate surface area is 123 Å². The van der Waals surface area contributed by atoms with Crippen LogP contribution in [0.3, 0.4) is 0 Å². The van der Waals surface area contributed by atoms with Crippen molar-refractivity contribution in [3.8, 4) is 0 Å². The van der Waals surface area contributed by atoms with Crippen molar-refractivity contribution >= 4 is 5.91 Å². The molecule has 2 aliphatic heterocycles. The number of hydrogen-bond acceptors (Lipinski definition) is 2. The van der Waals surface area contributed by atoms with Gasteiger partial charge in [0.25, 0.3) is 0 Å². The number of likely N-dealkylation sites (tertiary alicyclic amines) is 1.